The van der Waals surface area contributed by atoms with Crippen LogP contribution in [0.2, 0.25) is 5.02 Å². The van der Waals surface area contributed by atoms with E-state index in [1.165, 1.54) is 24.1 Å². The van der Waals surface area contributed by atoms with E-state index in [9.17, 15) is 22.8 Å². The first-order valence-corrected chi connectivity index (χ1v) is 12.3. The Hall–Kier alpha value is -3.50. The van der Waals surface area contributed by atoms with Crippen LogP contribution in [0.15, 0.2) is 77.8 Å². The standard InChI is InChI=1S/C26H21ClF3N3O3S/c1-36-21-10-8-16(9-11-21)15-33-23(34)14-22(24(35)31-20-7-3-5-18(27)13-20)37-25(33)32-19-6-2-4-17(12-19)26(28,29)30/h2-13,22H,14-15H2,1H3,(H,31,35)/t22-/m0/s1. The van der Waals surface area contributed by atoms with Crippen LogP contribution in [0.3, 0.4) is 0 Å². The molecule has 0 aromatic heterocycles. The maximum absolute atomic E-state index is 13.2. The minimum absolute atomic E-state index is 0.0146. The number of hydrogen-bond donors (Lipinski definition) is 1. The Balaban J connectivity index is 1.64. The van der Waals surface area contributed by atoms with E-state index in [0.29, 0.717) is 16.5 Å². The van der Waals surface area contributed by atoms with Gasteiger partial charge in [0.1, 0.15) is 11.0 Å². The fourth-order valence-corrected chi connectivity index (χ4v) is 4.85. The molecular formula is C26H21ClF3N3O3S. The Morgan fingerprint density at radius 3 is 2.54 bits per heavy atom. The molecule has 1 N–H and O–H groups in total. The number of rotatable bonds is 6. The van der Waals surface area contributed by atoms with Gasteiger partial charge in [0.2, 0.25) is 11.8 Å². The van der Waals surface area contributed by atoms with Crippen LogP contribution in [0.1, 0.15) is 17.5 Å². The summed E-state index contributed by atoms with van der Waals surface area (Å²) >= 11 is 7.00. The van der Waals surface area contributed by atoms with Crippen molar-refractivity contribution in [1.82, 2.24) is 4.90 Å². The highest BCUT2D eigenvalue weighted by molar-refractivity contribution is 8.15. The zero-order chi connectivity index (χ0) is 26.6. The van der Waals surface area contributed by atoms with Gasteiger partial charge in [0.05, 0.1) is 24.9 Å². The third-order valence-electron chi connectivity index (χ3n) is 5.42. The van der Waals surface area contributed by atoms with Crippen molar-refractivity contribution < 1.29 is 27.5 Å². The number of amidine groups is 1. The maximum Gasteiger partial charge on any atom is 0.416 e. The molecule has 0 aliphatic carbocycles. The molecule has 0 radical (unpaired) electrons. The molecule has 3 aromatic carbocycles. The number of amides is 2. The summed E-state index contributed by atoms with van der Waals surface area (Å²) in [6, 6.07) is 18.1. The number of aliphatic imine (C=N–C) groups is 1. The third-order valence-corrected chi connectivity index (χ3v) is 6.85. The maximum atomic E-state index is 13.2. The van der Waals surface area contributed by atoms with Gasteiger partial charge in [0, 0.05) is 17.1 Å². The van der Waals surface area contributed by atoms with Gasteiger partial charge in [-0.1, -0.05) is 47.6 Å². The molecule has 4 rings (SSSR count). The second-order valence-corrected chi connectivity index (χ2v) is 9.69. The van der Waals surface area contributed by atoms with Gasteiger partial charge in [0.15, 0.2) is 5.17 Å². The Bertz CT molecular complexity index is 1330. The van der Waals surface area contributed by atoms with Gasteiger partial charge in [-0.05, 0) is 54.1 Å². The fraction of sp³-hybridized carbons (Fsp3) is 0.192. The molecule has 1 saturated heterocycles. The van der Waals surface area contributed by atoms with E-state index in [2.05, 4.69) is 10.3 Å². The van der Waals surface area contributed by atoms with E-state index in [-0.39, 0.29) is 29.7 Å². The lowest BCUT2D eigenvalue weighted by Crippen LogP contribution is -2.44. The summed E-state index contributed by atoms with van der Waals surface area (Å²) in [5, 5.41) is 2.44. The number of carbonyl (C=O) groups excluding carboxylic acids is 2. The van der Waals surface area contributed by atoms with E-state index in [1.54, 1.807) is 48.5 Å². The Labute approximate surface area is 220 Å². The summed E-state index contributed by atoms with van der Waals surface area (Å²) in [5.41, 5.74) is 0.370. The molecular weight excluding hydrogens is 527 g/mol. The normalized spacial score (nSPS) is 17.1. The second-order valence-electron chi connectivity index (χ2n) is 8.08. The summed E-state index contributed by atoms with van der Waals surface area (Å²) in [6.45, 7) is 0.121. The van der Waals surface area contributed by atoms with Gasteiger partial charge in [0.25, 0.3) is 0 Å². The van der Waals surface area contributed by atoms with Crippen molar-refractivity contribution in [2.75, 3.05) is 12.4 Å². The number of hydrogen-bond acceptors (Lipinski definition) is 5. The number of methoxy groups -OCH3 is 1. The largest absolute Gasteiger partial charge is 0.497 e. The first kappa shape index (κ1) is 26.6. The topological polar surface area (TPSA) is 71.0 Å². The minimum Gasteiger partial charge on any atom is -0.497 e. The van der Waals surface area contributed by atoms with Crippen LogP contribution < -0.4 is 10.1 Å². The van der Waals surface area contributed by atoms with Crippen molar-refractivity contribution in [1.29, 1.82) is 0 Å². The molecule has 1 fully saturated rings. The van der Waals surface area contributed by atoms with Crippen molar-refractivity contribution in [3.63, 3.8) is 0 Å². The average Bonchev–Trinajstić information content (AvgIpc) is 2.86. The molecule has 1 aliphatic rings. The molecule has 3 aromatic rings. The van der Waals surface area contributed by atoms with Crippen LogP contribution in [-0.4, -0.2) is 34.2 Å². The van der Waals surface area contributed by atoms with Crippen molar-refractivity contribution in [2.24, 2.45) is 4.99 Å². The van der Waals surface area contributed by atoms with Gasteiger partial charge in [-0.25, -0.2) is 4.99 Å². The SMILES string of the molecule is COc1ccc(CN2C(=O)C[C@@H](C(=O)Nc3cccc(Cl)c3)SC2=Nc2cccc(C(F)(F)F)c2)cc1. The number of carbonyl (C=O) groups is 2. The predicted octanol–water partition coefficient (Wildman–Crippen LogP) is 6.53. The molecule has 1 aliphatic heterocycles. The summed E-state index contributed by atoms with van der Waals surface area (Å²) < 4.78 is 44.9. The first-order valence-electron chi connectivity index (χ1n) is 11.0. The number of anilines is 1. The third kappa shape index (κ3) is 6.84. The fourth-order valence-electron chi connectivity index (χ4n) is 3.56. The lowest BCUT2D eigenvalue weighted by atomic mass is 10.2. The predicted molar refractivity (Wildman–Crippen MR) is 138 cm³/mol. The van der Waals surface area contributed by atoms with E-state index in [4.69, 9.17) is 16.3 Å². The molecule has 0 unspecified atom stereocenters. The van der Waals surface area contributed by atoms with Crippen LogP contribution in [0, 0.1) is 0 Å². The highest BCUT2D eigenvalue weighted by Gasteiger charge is 2.36. The lowest BCUT2D eigenvalue weighted by Gasteiger charge is -2.32. The Morgan fingerprint density at radius 1 is 1.14 bits per heavy atom. The number of nitrogens with one attached hydrogen (secondary N) is 1. The minimum atomic E-state index is -4.55. The smallest absolute Gasteiger partial charge is 0.416 e. The van der Waals surface area contributed by atoms with Gasteiger partial charge >= 0.3 is 6.18 Å². The quantitative estimate of drug-likeness (QED) is 0.381. The number of halogens is 4. The van der Waals surface area contributed by atoms with Crippen LogP contribution in [0.25, 0.3) is 0 Å². The van der Waals surface area contributed by atoms with Crippen molar-refractivity contribution >= 4 is 51.7 Å². The molecule has 6 nitrogen and oxygen atoms in total. The summed E-state index contributed by atoms with van der Waals surface area (Å²) in [5.74, 6) is -0.188. The zero-order valence-electron chi connectivity index (χ0n) is 19.5. The van der Waals surface area contributed by atoms with Gasteiger partial charge in [-0.15, -0.1) is 0 Å². The monoisotopic (exact) mass is 547 g/mol. The van der Waals surface area contributed by atoms with Crippen LogP contribution in [0.4, 0.5) is 24.5 Å². The molecule has 37 heavy (non-hydrogen) atoms. The number of ether oxygens (including phenoxy) is 1. The van der Waals surface area contributed by atoms with Crippen molar-refractivity contribution in [3.8, 4) is 5.75 Å². The summed E-state index contributed by atoms with van der Waals surface area (Å²) in [6.07, 6.45) is -4.66. The van der Waals surface area contributed by atoms with E-state index < -0.39 is 22.9 Å². The Morgan fingerprint density at radius 2 is 1.86 bits per heavy atom. The first-order chi connectivity index (χ1) is 17.6. The van der Waals surface area contributed by atoms with Crippen LogP contribution in [0.5, 0.6) is 5.75 Å². The molecule has 0 bridgehead atoms. The number of thioether (sulfide) groups is 1. The van der Waals surface area contributed by atoms with Crippen molar-refractivity contribution in [3.05, 3.63) is 88.9 Å². The average molecular weight is 548 g/mol. The number of alkyl halides is 3. The molecule has 0 spiro atoms. The Kier molecular flexibility index (Phi) is 8.09. The summed E-state index contributed by atoms with van der Waals surface area (Å²) in [7, 11) is 1.54. The van der Waals surface area contributed by atoms with E-state index >= 15 is 0 Å². The second kappa shape index (κ2) is 11.3. The summed E-state index contributed by atoms with van der Waals surface area (Å²) in [4.78, 5) is 31.9. The number of nitrogens with zero attached hydrogens (tertiary/aromatic N) is 2. The molecule has 0 saturated carbocycles. The molecule has 192 valence electrons. The van der Waals surface area contributed by atoms with E-state index in [0.717, 1.165) is 29.5 Å². The van der Waals surface area contributed by atoms with Crippen molar-refractivity contribution in [2.45, 2.75) is 24.4 Å². The highest BCUT2D eigenvalue weighted by Crippen LogP contribution is 2.34. The number of benzene rings is 3. The van der Waals surface area contributed by atoms with Crippen LogP contribution in [-0.2, 0) is 22.3 Å². The molecule has 1 heterocycles. The van der Waals surface area contributed by atoms with Gasteiger partial charge in [-0.3, -0.25) is 14.5 Å². The molecule has 2 amide bonds. The lowest BCUT2D eigenvalue weighted by molar-refractivity contribution is -0.137. The van der Waals surface area contributed by atoms with Gasteiger partial charge < -0.3 is 10.1 Å². The van der Waals surface area contributed by atoms with Crippen LogP contribution >= 0.6 is 23.4 Å². The zero-order valence-corrected chi connectivity index (χ0v) is 21.0. The van der Waals surface area contributed by atoms with E-state index in [1.807, 2.05) is 0 Å². The van der Waals surface area contributed by atoms with Gasteiger partial charge in [-0.2, -0.15) is 13.2 Å². The highest BCUT2D eigenvalue weighted by atomic mass is 35.5. The molecule has 11 heteroatoms. The molecule has 1 atom stereocenters.